The maximum atomic E-state index is 13.6. The summed E-state index contributed by atoms with van der Waals surface area (Å²) in [5.74, 6) is 1.31. The van der Waals surface area contributed by atoms with Crippen LogP contribution >= 0.6 is 0 Å². The number of carbonyl (C=O) groups excluding carboxylic acids is 1. The highest BCUT2D eigenvalue weighted by atomic mass is 19.1. The van der Waals surface area contributed by atoms with E-state index in [2.05, 4.69) is 30.0 Å². The standard InChI is InChI=1S/C23H32FN7O/c24-18-4-1-6-20(14-18)31-9-2-5-19(16-31)28-22-15-23(27-17-26-22)30-12-10-29(11-13-30)8-3-7-21(25)32/h1,4,6,14-15,17,19H,2-3,5,7-13,16H2,(H2,25,32)(H,26,27,28)/t19-/m1/s1. The van der Waals surface area contributed by atoms with Gasteiger partial charge in [0.2, 0.25) is 5.91 Å². The van der Waals surface area contributed by atoms with Crippen LogP contribution in [0.1, 0.15) is 25.7 Å². The van der Waals surface area contributed by atoms with Crippen LogP contribution in [0.25, 0.3) is 0 Å². The van der Waals surface area contributed by atoms with Crippen molar-refractivity contribution in [3.63, 3.8) is 0 Å². The number of hydrogen-bond acceptors (Lipinski definition) is 7. The second kappa shape index (κ2) is 10.6. The van der Waals surface area contributed by atoms with E-state index in [9.17, 15) is 9.18 Å². The van der Waals surface area contributed by atoms with Crippen LogP contribution in [0.4, 0.5) is 21.7 Å². The Morgan fingerprint density at radius 2 is 1.97 bits per heavy atom. The Morgan fingerprint density at radius 3 is 2.75 bits per heavy atom. The molecule has 0 radical (unpaired) electrons. The number of hydrogen-bond donors (Lipinski definition) is 2. The first-order valence-electron chi connectivity index (χ1n) is 11.4. The number of amides is 1. The van der Waals surface area contributed by atoms with Gasteiger partial charge >= 0.3 is 0 Å². The predicted molar refractivity (Wildman–Crippen MR) is 124 cm³/mol. The summed E-state index contributed by atoms with van der Waals surface area (Å²) in [4.78, 5) is 26.7. The zero-order valence-corrected chi connectivity index (χ0v) is 18.4. The molecule has 8 nitrogen and oxygen atoms in total. The molecule has 3 heterocycles. The van der Waals surface area contributed by atoms with Gasteiger partial charge in [-0.2, -0.15) is 0 Å². The van der Waals surface area contributed by atoms with Gasteiger partial charge in [0.15, 0.2) is 0 Å². The lowest BCUT2D eigenvalue weighted by Gasteiger charge is -2.36. The van der Waals surface area contributed by atoms with Crippen LogP contribution < -0.4 is 20.9 Å². The number of rotatable bonds is 8. The van der Waals surface area contributed by atoms with Gasteiger partial charge < -0.3 is 20.9 Å². The summed E-state index contributed by atoms with van der Waals surface area (Å²) in [5, 5.41) is 3.55. The molecule has 172 valence electrons. The second-order valence-corrected chi connectivity index (χ2v) is 8.57. The molecule has 1 aromatic carbocycles. The number of piperidine rings is 1. The molecule has 2 saturated heterocycles. The Morgan fingerprint density at radius 1 is 1.12 bits per heavy atom. The molecule has 2 aliphatic rings. The smallest absolute Gasteiger partial charge is 0.217 e. The quantitative estimate of drug-likeness (QED) is 0.648. The molecule has 2 aromatic rings. The Labute approximate surface area is 188 Å². The van der Waals surface area contributed by atoms with Crippen LogP contribution in [0.2, 0.25) is 0 Å². The number of nitrogens with two attached hydrogens (primary N) is 1. The number of aromatic nitrogens is 2. The average molecular weight is 442 g/mol. The van der Waals surface area contributed by atoms with E-state index in [-0.39, 0.29) is 17.8 Å². The monoisotopic (exact) mass is 441 g/mol. The zero-order chi connectivity index (χ0) is 22.3. The van der Waals surface area contributed by atoms with Crippen molar-refractivity contribution in [3.05, 3.63) is 42.5 Å². The molecule has 1 atom stereocenters. The first kappa shape index (κ1) is 22.3. The minimum absolute atomic E-state index is 0.203. The van der Waals surface area contributed by atoms with Crippen molar-refractivity contribution in [2.45, 2.75) is 31.7 Å². The van der Waals surface area contributed by atoms with Crippen LogP contribution in [-0.4, -0.2) is 72.6 Å². The first-order valence-corrected chi connectivity index (χ1v) is 11.4. The predicted octanol–water partition coefficient (Wildman–Crippen LogP) is 2.08. The minimum atomic E-state index is -0.235. The molecule has 2 fully saturated rings. The van der Waals surface area contributed by atoms with Crippen LogP contribution in [0.5, 0.6) is 0 Å². The highest BCUT2D eigenvalue weighted by Crippen LogP contribution is 2.23. The average Bonchev–Trinajstić information content (AvgIpc) is 2.80. The molecule has 32 heavy (non-hydrogen) atoms. The van der Waals surface area contributed by atoms with Crippen molar-refractivity contribution < 1.29 is 9.18 Å². The lowest BCUT2D eigenvalue weighted by atomic mass is 10.0. The SMILES string of the molecule is NC(=O)CCCN1CCN(c2cc(N[C@@H]3CCCN(c4cccc(F)c4)C3)ncn2)CC1. The fraction of sp³-hybridized carbons (Fsp3) is 0.522. The zero-order valence-electron chi connectivity index (χ0n) is 18.4. The van der Waals surface area contributed by atoms with Crippen molar-refractivity contribution in [2.75, 3.05) is 60.9 Å². The summed E-state index contributed by atoms with van der Waals surface area (Å²) in [5.41, 5.74) is 6.15. The van der Waals surface area contributed by atoms with Crippen LogP contribution in [-0.2, 0) is 4.79 Å². The van der Waals surface area contributed by atoms with Gasteiger partial charge in [-0.25, -0.2) is 14.4 Å². The Kier molecular flexibility index (Phi) is 7.36. The summed E-state index contributed by atoms with van der Waals surface area (Å²) in [6.07, 6.45) is 4.97. The van der Waals surface area contributed by atoms with Gasteiger partial charge in [-0.05, 0) is 44.0 Å². The Hall–Kier alpha value is -2.94. The third kappa shape index (κ3) is 6.06. The molecule has 9 heteroatoms. The molecule has 1 aromatic heterocycles. The van der Waals surface area contributed by atoms with Crippen molar-refractivity contribution in [1.29, 1.82) is 0 Å². The van der Waals surface area contributed by atoms with E-state index in [4.69, 9.17) is 5.73 Å². The molecule has 0 spiro atoms. The first-order chi connectivity index (χ1) is 15.6. The van der Waals surface area contributed by atoms with E-state index in [1.54, 1.807) is 18.5 Å². The summed E-state index contributed by atoms with van der Waals surface area (Å²) < 4.78 is 13.6. The normalized spacial score (nSPS) is 19.7. The summed E-state index contributed by atoms with van der Waals surface area (Å²) in [6, 6.07) is 9.06. The van der Waals surface area contributed by atoms with Crippen molar-refractivity contribution in [1.82, 2.24) is 14.9 Å². The lowest BCUT2D eigenvalue weighted by Crippen LogP contribution is -2.47. The van der Waals surface area contributed by atoms with E-state index >= 15 is 0 Å². The number of anilines is 3. The van der Waals surface area contributed by atoms with Gasteiger partial charge in [0, 0.05) is 63.5 Å². The Bertz CT molecular complexity index is 903. The Balaban J connectivity index is 1.30. The van der Waals surface area contributed by atoms with Crippen LogP contribution in [0, 0.1) is 5.82 Å². The summed E-state index contributed by atoms with van der Waals surface area (Å²) in [6.45, 7) is 6.31. The van der Waals surface area contributed by atoms with E-state index < -0.39 is 0 Å². The lowest BCUT2D eigenvalue weighted by molar-refractivity contribution is -0.118. The van der Waals surface area contributed by atoms with Crippen LogP contribution in [0.3, 0.4) is 0 Å². The van der Waals surface area contributed by atoms with Crippen molar-refractivity contribution in [2.24, 2.45) is 5.73 Å². The molecule has 0 unspecified atom stereocenters. The summed E-state index contributed by atoms with van der Waals surface area (Å²) >= 11 is 0. The van der Waals surface area contributed by atoms with Gasteiger partial charge in [-0.3, -0.25) is 9.69 Å². The van der Waals surface area contributed by atoms with Crippen molar-refractivity contribution in [3.8, 4) is 0 Å². The fourth-order valence-electron chi connectivity index (χ4n) is 4.49. The maximum Gasteiger partial charge on any atom is 0.217 e. The van der Waals surface area contributed by atoms with Gasteiger partial charge in [0.25, 0.3) is 0 Å². The molecule has 4 rings (SSSR count). The third-order valence-electron chi connectivity index (χ3n) is 6.19. The molecule has 0 aliphatic carbocycles. The van der Waals surface area contributed by atoms with E-state index in [1.165, 1.54) is 6.07 Å². The summed E-state index contributed by atoms with van der Waals surface area (Å²) in [7, 11) is 0. The number of carbonyl (C=O) groups is 1. The number of benzene rings is 1. The third-order valence-corrected chi connectivity index (χ3v) is 6.19. The van der Waals surface area contributed by atoms with Gasteiger partial charge in [-0.1, -0.05) is 6.07 Å². The molecule has 0 saturated carbocycles. The molecule has 0 bridgehead atoms. The topological polar surface area (TPSA) is 90.6 Å². The highest BCUT2D eigenvalue weighted by Gasteiger charge is 2.22. The molecule has 3 N–H and O–H groups in total. The van der Waals surface area contributed by atoms with E-state index in [0.29, 0.717) is 6.42 Å². The van der Waals surface area contributed by atoms with E-state index in [0.717, 1.165) is 82.4 Å². The number of halogens is 1. The molecule has 2 aliphatic heterocycles. The van der Waals surface area contributed by atoms with Gasteiger partial charge in [-0.15, -0.1) is 0 Å². The number of primary amides is 1. The van der Waals surface area contributed by atoms with Crippen LogP contribution in [0.15, 0.2) is 36.7 Å². The number of piperazine rings is 1. The molecular weight excluding hydrogens is 409 g/mol. The fourth-order valence-corrected chi connectivity index (χ4v) is 4.49. The second-order valence-electron chi connectivity index (χ2n) is 8.57. The highest BCUT2D eigenvalue weighted by molar-refractivity contribution is 5.73. The number of nitrogens with one attached hydrogen (secondary N) is 1. The minimum Gasteiger partial charge on any atom is -0.370 e. The number of nitrogens with zero attached hydrogens (tertiary/aromatic N) is 5. The van der Waals surface area contributed by atoms with E-state index in [1.807, 2.05) is 12.1 Å². The van der Waals surface area contributed by atoms with Crippen molar-refractivity contribution >= 4 is 23.2 Å². The van der Waals surface area contributed by atoms with Gasteiger partial charge in [0.05, 0.1) is 0 Å². The maximum absolute atomic E-state index is 13.6. The molecular formula is C23H32FN7O. The largest absolute Gasteiger partial charge is 0.370 e. The van der Waals surface area contributed by atoms with Gasteiger partial charge in [0.1, 0.15) is 23.8 Å². The molecule has 1 amide bonds.